The summed E-state index contributed by atoms with van der Waals surface area (Å²) in [5.74, 6) is -0.407. The van der Waals surface area contributed by atoms with Crippen LogP contribution in [0, 0.1) is 17.8 Å². The fourth-order valence-corrected chi connectivity index (χ4v) is 2.76. The summed E-state index contributed by atoms with van der Waals surface area (Å²) in [6.07, 6.45) is 4.19. The molecule has 0 saturated carbocycles. The smallest absolute Gasteiger partial charge is 0.410 e. The van der Waals surface area contributed by atoms with Crippen LogP contribution >= 0.6 is 0 Å². The second-order valence-electron chi connectivity index (χ2n) is 7.82. The lowest BCUT2D eigenvalue weighted by Crippen LogP contribution is -2.34. The zero-order chi connectivity index (χ0) is 20.8. The van der Waals surface area contributed by atoms with E-state index in [4.69, 9.17) is 14.6 Å². The Labute approximate surface area is 163 Å². The highest BCUT2D eigenvalue weighted by Gasteiger charge is 2.21. The van der Waals surface area contributed by atoms with Gasteiger partial charge in [-0.2, -0.15) is 0 Å². The van der Waals surface area contributed by atoms with Crippen LogP contribution in [0.4, 0.5) is 4.79 Å². The van der Waals surface area contributed by atoms with Crippen LogP contribution in [0.3, 0.4) is 0 Å². The van der Waals surface area contributed by atoms with Gasteiger partial charge in [0.25, 0.3) is 6.29 Å². The molecule has 0 aliphatic heterocycles. The Hall–Kier alpha value is -1.79. The molecule has 0 aliphatic carbocycles. The molecule has 0 unspecified atom stereocenters. The highest BCUT2D eigenvalue weighted by atomic mass is 16.7. The molecule has 0 radical (unpaired) electrons. The van der Waals surface area contributed by atoms with Gasteiger partial charge in [0, 0.05) is 25.8 Å². The predicted molar refractivity (Wildman–Crippen MR) is 103 cm³/mol. The second kappa shape index (κ2) is 14.3. The van der Waals surface area contributed by atoms with Gasteiger partial charge in [-0.05, 0) is 31.1 Å². The Kier molecular flexibility index (Phi) is 13.3. The molecular weight excluding hydrogens is 350 g/mol. The third-order valence-corrected chi connectivity index (χ3v) is 4.27. The van der Waals surface area contributed by atoms with Crippen molar-refractivity contribution in [3.05, 3.63) is 0 Å². The summed E-state index contributed by atoms with van der Waals surface area (Å²) in [6, 6.07) is 0. The molecule has 2 atom stereocenters. The van der Waals surface area contributed by atoms with Crippen molar-refractivity contribution >= 4 is 18.0 Å². The van der Waals surface area contributed by atoms with Crippen LogP contribution in [0.2, 0.25) is 0 Å². The molecule has 0 aliphatic rings. The van der Waals surface area contributed by atoms with Crippen molar-refractivity contribution in [2.24, 2.45) is 17.8 Å². The lowest BCUT2D eigenvalue weighted by Gasteiger charge is -2.21. The van der Waals surface area contributed by atoms with E-state index in [1.807, 2.05) is 0 Å². The molecular formula is C20H37NO6. The van der Waals surface area contributed by atoms with Gasteiger partial charge in [-0.3, -0.25) is 9.59 Å². The fourth-order valence-electron chi connectivity index (χ4n) is 2.76. The fraction of sp³-hybridized carbons (Fsp3) is 0.850. The molecule has 0 aromatic carbocycles. The average Bonchev–Trinajstić information content (AvgIpc) is 2.54. The minimum atomic E-state index is -0.901. The molecule has 0 bridgehead atoms. The predicted octanol–water partition coefficient (Wildman–Crippen LogP) is 4.35. The van der Waals surface area contributed by atoms with Crippen LogP contribution in [-0.2, 0) is 19.1 Å². The maximum Gasteiger partial charge on any atom is 0.410 e. The highest BCUT2D eigenvalue weighted by molar-refractivity contribution is 5.68. The van der Waals surface area contributed by atoms with Crippen molar-refractivity contribution < 1.29 is 29.0 Å². The number of carbonyl (C=O) groups excluding carboxylic acids is 2. The van der Waals surface area contributed by atoms with E-state index < -0.39 is 24.3 Å². The van der Waals surface area contributed by atoms with Crippen LogP contribution in [0.25, 0.3) is 0 Å². The first kappa shape index (κ1) is 25.2. The van der Waals surface area contributed by atoms with Crippen molar-refractivity contribution in [3.8, 4) is 0 Å². The molecule has 158 valence electrons. The number of hydrogen-bond donors (Lipinski definition) is 2. The number of esters is 1. The molecule has 0 heterocycles. The number of ether oxygens (including phenoxy) is 2. The summed E-state index contributed by atoms with van der Waals surface area (Å²) in [6.45, 7) is 9.67. The van der Waals surface area contributed by atoms with Crippen LogP contribution in [0.15, 0.2) is 0 Å². The number of hydrogen-bond acceptors (Lipinski definition) is 5. The zero-order valence-electron chi connectivity index (χ0n) is 17.5. The number of carbonyl (C=O) groups is 3. The van der Waals surface area contributed by atoms with Gasteiger partial charge in [0.15, 0.2) is 0 Å². The summed E-state index contributed by atoms with van der Waals surface area (Å²) in [5, 5.41) is 11.6. The van der Waals surface area contributed by atoms with Crippen molar-refractivity contribution in [1.29, 1.82) is 0 Å². The largest absolute Gasteiger partial charge is 0.481 e. The lowest BCUT2D eigenvalue weighted by atomic mass is 9.90. The molecule has 0 fully saturated rings. The summed E-state index contributed by atoms with van der Waals surface area (Å²) in [7, 11) is 0. The van der Waals surface area contributed by atoms with Gasteiger partial charge in [-0.1, -0.05) is 47.0 Å². The number of carboxylic acid groups (broad SMARTS) is 1. The number of rotatable bonds is 14. The van der Waals surface area contributed by atoms with Gasteiger partial charge in [-0.25, -0.2) is 4.79 Å². The molecule has 27 heavy (non-hydrogen) atoms. The highest BCUT2D eigenvalue weighted by Crippen LogP contribution is 2.22. The van der Waals surface area contributed by atoms with Crippen LogP contribution in [-0.4, -0.2) is 36.0 Å². The SMILES string of the molecule is CC(=O)O[C@@H](OC(=O)NCCC[C@H](CCCC(C)C)CCC(=O)O)C(C)C. The molecule has 2 N–H and O–H groups in total. The van der Waals surface area contributed by atoms with Gasteiger partial charge in [-0.15, -0.1) is 0 Å². The van der Waals surface area contributed by atoms with Crippen LogP contribution in [0.5, 0.6) is 0 Å². The minimum Gasteiger partial charge on any atom is -0.481 e. The summed E-state index contributed by atoms with van der Waals surface area (Å²) < 4.78 is 10.1. The van der Waals surface area contributed by atoms with E-state index in [1.165, 1.54) is 6.92 Å². The molecule has 0 saturated heterocycles. The Morgan fingerprint density at radius 1 is 0.926 bits per heavy atom. The summed E-state index contributed by atoms with van der Waals surface area (Å²) in [5.41, 5.74) is 0. The topological polar surface area (TPSA) is 102 Å². The first-order chi connectivity index (χ1) is 12.6. The van der Waals surface area contributed by atoms with Gasteiger partial charge in [0.05, 0.1) is 0 Å². The van der Waals surface area contributed by atoms with Crippen LogP contribution < -0.4 is 5.32 Å². The maximum absolute atomic E-state index is 11.8. The minimum absolute atomic E-state index is 0.138. The van der Waals surface area contributed by atoms with Crippen LogP contribution in [0.1, 0.15) is 79.6 Å². The second-order valence-corrected chi connectivity index (χ2v) is 7.82. The van der Waals surface area contributed by atoms with Crippen molar-refractivity contribution in [2.75, 3.05) is 6.54 Å². The maximum atomic E-state index is 11.8. The number of nitrogens with one attached hydrogen (secondary N) is 1. The Balaban J connectivity index is 4.22. The average molecular weight is 388 g/mol. The third kappa shape index (κ3) is 15.0. The molecule has 0 aromatic heterocycles. The molecule has 0 spiro atoms. The number of aliphatic carboxylic acids is 1. The molecule has 0 aromatic rings. The Morgan fingerprint density at radius 2 is 1.56 bits per heavy atom. The lowest BCUT2D eigenvalue weighted by molar-refractivity contribution is -0.172. The van der Waals surface area contributed by atoms with E-state index in [0.29, 0.717) is 24.8 Å². The summed E-state index contributed by atoms with van der Waals surface area (Å²) >= 11 is 0. The molecule has 7 nitrogen and oxygen atoms in total. The Bertz CT molecular complexity index is 450. The summed E-state index contributed by atoms with van der Waals surface area (Å²) in [4.78, 5) is 33.7. The van der Waals surface area contributed by atoms with Crippen molar-refractivity contribution in [1.82, 2.24) is 5.32 Å². The first-order valence-corrected chi connectivity index (χ1v) is 9.95. The van der Waals surface area contributed by atoms with Gasteiger partial charge >= 0.3 is 18.0 Å². The molecule has 0 rings (SSSR count). The number of carboxylic acids is 1. The van der Waals surface area contributed by atoms with E-state index in [2.05, 4.69) is 19.2 Å². The molecule has 7 heteroatoms. The third-order valence-electron chi connectivity index (χ3n) is 4.27. The van der Waals surface area contributed by atoms with E-state index >= 15 is 0 Å². The van der Waals surface area contributed by atoms with E-state index in [0.717, 1.165) is 32.1 Å². The van der Waals surface area contributed by atoms with Gasteiger partial charge in [0.2, 0.25) is 0 Å². The van der Waals surface area contributed by atoms with E-state index in [9.17, 15) is 14.4 Å². The van der Waals surface area contributed by atoms with Gasteiger partial charge < -0.3 is 19.9 Å². The number of alkyl carbamates (subject to hydrolysis) is 1. The monoisotopic (exact) mass is 387 g/mol. The zero-order valence-corrected chi connectivity index (χ0v) is 17.5. The van der Waals surface area contributed by atoms with Crippen molar-refractivity contribution in [3.63, 3.8) is 0 Å². The van der Waals surface area contributed by atoms with E-state index in [-0.39, 0.29) is 12.3 Å². The Morgan fingerprint density at radius 3 is 2.07 bits per heavy atom. The standard InChI is InChI=1S/C20H37NO6/c1-14(2)8-6-9-17(11-12-18(23)24)10-7-13-21-20(25)27-19(15(3)4)26-16(5)22/h14-15,17,19H,6-13H2,1-5H3,(H,21,25)(H,23,24)/t17-,19-/m0/s1. The molecule has 1 amide bonds. The first-order valence-electron chi connectivity index (χ1n) is 9.95. The quantitative estimate of drug-likeness (QED) is 0.261. The van der Waals surface area contributed by atoms with E-state index in [1.54, 1.807) is 13.8 Å². The van der Waals surface area contributed by atoms with Gasteiger partial charge in [0.1, 0.15) is 0 Å². The van der Waals surface area contributed by atoms with Crippen molar-refractivity contribution in [2.45, 2.75) is 85.9 Å². The normalized spacial score (nSPS) is 13.3. The number of amides is 1.